The molecule has 0 radical (unpaired) electrons. The first kappa shape index (κ1) is 19.8. The van der Waals surface area contributed by atoms with Crippen molar-refractivity contribution in [2.75, 3.05) is 26.8 Å². The number of ether oxygens (including phenoxy) is 1. The highest BCUT2D eigenvalue weighted by Gasteiger charge is 2.39. The minimum absolute atomic E-state index is 0. The number of benzene rings is 1. The fraction of sp³-hybridized carbons (Fsp3) is 0.611. The molecule has 0 spiro atoms. The average Bonchev–Trinajstić information content (AvgIpc) is 3.44. The molecule has 0 bridgehead atoms. The first-order valence-electron chi connectivity index (χ1n) is 8.56. The van der Waals surface area contributed by atoms with E-state index in [4.69, 9.17) is 16.3 Å². The van der Waals surface area contributed by atoms with Crippen molar-refractivity contribution in [1.82, 2.24) is 10.6 Å². The van der Waals surface area contributed by atoms with E-state index in [0.717, 1.165) is 49.5 Å². The summed E-state index contributed by atoms with van der Waals surface area (Å²) in [6.45, 7) is 2.66. The lowest BCUT2D eigenvalue weighted by molar-refractivity contribution is 0.123. The van der Waals surface area contributed by atoms with Gasteiger partial charge in [0.25, 0.3) is 0 Å². The quantitative estimate of drug-likeness (QED) is 0.267. The van der Waals surface area contributed by atoms with E-state index in [1.54, 1.807) is 0 Å². The summed E-state index contributed by atoms with van der Waals surface area (Å²) < 4.78 is 5.64. The van der Waals surface area contributed by atoms with Crippen LogP contribution in [0.2, 0.25) is 5.02 Å². The van der Waals surface area contributed by atoms with Crippen molar-refractivity contribution in [1.29, 1.82) is 0 Å². The molecule has 3 rings (SSSR count). The summed E-state index contributed by atoms with van der Waals surface area (Å²) in [6.07, 6.45) is 4.84. The Morgan fingerprint density at radius 2 is 2.21 bits per heavy atom. The number of halogens is 2. The van der Waals surface area contributed by atoms with Crippen LogP contribution in [0.1, 0.15) is 37.2 Å². The molecule has 2 atom stereocenters. The van der Waals surface area contributed by atoms with Crippen LogP contribution in [0.5, 0.6) is 0 Å². The second-order valence-corrected chi connectivity index (χ2v) is 6.96. The lowest BCUT2D eigenvalue weighted by Crippen LogP contribution is -2.39. The van der Waals surface area contributed by atoms with E-state index in [-0.39, 0.29) is 24.0 Å². The second kappa shape index (κ2) is 9.82. The summed E-state index contributed by atoms with van der Waals surface area (Å²) in [7, 11) is 1.82. The summed E-state index contributed by atoms with van der Waals surface area (Å²) in [5, 5.41) is 7.65. The average molecular weight is 464 g/mol. The SMILES string of the molecule is CN=C(NCCCOCC1CC1)NC1CC1c1cccc(Cl)c1.I. The van der Waals surface area contributed by atoms with Crippen molar-refractivity contribution in [2.45, 2.75) is 37.6 Å². The van der Waals surface area contributed by atoms with Crippen LogP contribution < -0.4 is 10.6 Å². The minimum Gasteiger partial charge on any atom is -0.381 e. The van der Waals surface area contributed by atoms with Gasteiger partial charge in [0.05, 0.1) is 0 Å². The molecule has 2 aliphatic rings. The molecule has 1 aromatic carbocycles. The molecule has 2 aliphatic carbocycles. The predicted octanol–water partition coefficient (Wildman–Crippen LogP) is 3.80. The molecule has 2 saturated carbocycles. The van der Waals surface area contributed by atoms with E-state index < -0.39 is 0 Å². The maximum absolute atomic E-state index is 6.06. The Morgan fingerprint density at radius 3 is 2.92 bits per heavy atom. The largest absolute Gasteiger partial charge is 0.381 e. The van der Waals surface area contributed by atoms with Crippen LogP contribution in [-0.4, -0.2) is 38.8 Å². The van der Waals surface area contributed by atoms with E-state index in [1.165, 1.54) is 18.4 Å². The first-order valence-corrected chi connectivity index (χ1v) is 8.94. The Balaban J connectivity index is 0.00000208. The Morgan fingerprint density at radius 1 is 1.38 bits per heavy atom. The predicted molar refractivity (Wildman–Crippen MR) is 111 cm³/mol. The van der Waals surface area contributed by atoms with Gasteiger partial charge in [-0.25, -0.2) is 0 Å². The van der Waals surface area contributed by atoms with Crippen molar-refractivity contribution in [2.24, 2.45) is 10.9 Å². The van der Waals surface area contributed by atoms with E-state index in [9.17, 15) is 0 Å². The van der Waals surface area contributed by atoms with Gasteiger partial charge in [0.1, 0.15) is 0 Å². The van der Waals surface area contributed by atoms with Gasteiger partial charge in [-0.1, -0.05) is 23.7 Å². The zero-order valence-electron chi connectivity index (χ0n) is 14.1. The zero-order chi connectivity index (χ0) is 16.1. The molecule has 4 nitrogen and oxygen atoms in total. The third-order valence-corrected chi connectivity index (χ3v) is 4.66. The molecular formula is C18H27ClIN3O. The number of rotatable bonds is 8. The van der Waals surface area contributed by atoms with Gasteiger partial charge in [-0.3, -0.25) is 4.99 Å². The lowest BCUT2D eigenvalue weighted by atomic mass is 10.1. The standard InChI is InChI=1S/C18H26ClN3O.HI/c1-20-18(21-8-3-9-23-12-13-6-7-13)22-17-11-16(17)14-4-2-5-15(19)10-14;/h2,4-5,10,13,16-17H,3,6-9,11-12H2,1H3,(H2,20,21,22);1H. The maximum Gasteiger partial charge on any atom is 0.191 e. The summed E-state index contributed by atoms with van der Waals surface area (Å²) in [5.74, 6) is 2.26. The fourth-order valence-corrected chi connectivity index (χ4v) is 2.94. The van der Waals surface area contributed by atoms with Crippen LogP contribution >= 0.6 is 35.6 Å². The molecule has 134 valence electrons. The topological polar surface area (TPSA) is 45.7 Å². The number of hydrogen-bond donors (Lipinski definition) is 2. The second-order valence-electron chi connectivity index (χ2n) is 6.52. The first-order chi connectivity index (χ1) is 11.3. The van der Waals surface area contributed by atoms with Gasteiger partial charge in [-0.15, -0.1) is 24.0 Å². The van der Waals surface area contributed by atoms with Crippen LogP contribution in [-0.2, 0) is 4.74 Å². The fourth-order valence-electron chi connectivity index (χ4n) is 2.75. The summed E-state index contributed by atoms with van der Waals surface area (Å²) in [4.78, 5) is 4.30. The third kappa shape index (κ3) is 6.41. The van der Waals surface area contributed by atoms with Crippen molar-refractivity contribution in [3.05, 3.63) is 34.9 Å². The Bertz CT molecular complexity index is 551. The number of nitrogens with one attached hydrogen (secondary N) is 2. The van der Waals surface area contributed by atoms with Crippen LogP contribution in [0.3, 0.4) is 0 Å². The van der Waals surface area contributed by atoms with Crippen LogP contribution in [0, 0.1) is 5.92 Å². The maximum atomic E-state index is 6.06. The number of aliphatic imine (C=N–C) groups is 1. The van der Waals surface area contributed by atoms with E-state index in [2.05, 4.69) is 27.8 Å². The van der Waals surface area contributed by atoms with Gasteiger partial charge in [0, 0.05) is 43.8 Å². The molecule has 0 aliphatic heterocycles. The normalized spacial score (nSPS) is 22.7. The number of hydrogen-bond acceptors (Lipinski definition) is 2. The van der Waals surface area contributed by atoms with Crippen molar-refractivity contribution < 1.29 is 4.74 Å². The van der Waals surface area contributed by atoms with Crippen molar-refractivity contribution in [3.8, 4) is 0 Å². The molecule has 1 aromatic rings. The van der Waals surface area contributed by atoms with Crippen molar-refractivity contribution >= 4 is 41.5 Å². The molecule has 2 unspecified atom stereocenters. The smallest absolute Gasteiger partial charge is 0.191 e. The van der Waals surface area contributed by atoms with Crippen LogP contribution in [0.25, 0.3) is 0 Å². The van der Waals surface area contributed by atoms with Crippen LogP contribution in [0.4, 0.5) is 0 Å². The molecular weight excluding hydrogens is 437 g/mol. The van der Waals surface area contributed by atoms with Gasteiger partial charge >= 0.3 is 0 Å². The summed E-state index contributed by atoms with van der Waals surface area (Å²) in [6, 6.07) is 8.59. The highest BCUT2D eigenvalue weighted by molar-refractivity contribution is 14.0. The molecule has 0 saturated heterocycles. The van der Waals surface area contributed by atoms with E-state index in [0.29, 0.717) is 12.0 Å². The lowest BCUT2D eigenvalue weighted by Gasteiger charge is -2.12. The van der Waals surface area contributed by atoms with Gasteiger partial charge in [0.15, 0.2) is 5.96 Å². The minimum atomic E-state index is 0. The van der Waals surface area contributed by atoms with Gasteiger partial charge in [0.2, 0.25) is 0 Å². The van der Waals surface area contributed by atoms with Gasteiger partial charge in [-0.2, -0.15) is 0 Å². The summed E-state index contributed by atoms with van der Waals surface area (Å²) >= 11 is 6.06. The highest BCUT2D eigenvalue weighted by Crippen LogP contribution is 2.41. The molecule has 0 aromatic heterocycles. The molecule has 0 heterocycles. The van der Waals surface area contributed by atoms with E-state index >= 15 is 0 Å². The van der Waals surface area contributed by atoms with Crippen molar-refractivity contribution in [3.63, 3.8) is 0 Å². The Kier molecular flexibility index (Phi) is 8.10. The molecule has 24 heavy (non-hydrogen) atoms. The third-order valence-electron chi connectivity index (χ3n) is 4.42. The number of nitrogens with zero attached hydrogens (tertiary/aromatic N) is 1. The number of guanidine groups is 1. The van der Waals surface area contributed by atoms with Gasteiger partial charge in [-0.05, 0) is 49.3 Å². The van der Waals surface area contributed by atoms with Crippen LogP contribution in [0.15, 0.2) is 29.3 Å². The molecule has 2 fully saturated rings. The molecule has 0 amide bonds. The highest BCUT2D eigenvalue weighted by atomic mass is 127. The monoisotopic (exact) mass is 463 g/mol. The molecule has 6 heteroatoms. The van der Waals surface area contributed by atoms with Gasteiger partial charge < -0.3 is 15.4 Å². The Hall–Kier alpha value is -0.530. The zero-order valence-corrected chi connectivity index (χ0v) is 17.2. The molecule has 2 N–H and O–H groups in total. The Labute approximate surface area is 166 Å². The van der Waals surface area contributed by atoms with E-state index in [1.807, 2.05) is 19.2 Å². The summed E-state index contributed by atoms with van der Waals surface area (Å²) in [5.41, 5.74) is 1.30.